The van der Waals surface area contributed by atoms with E-state index in [1.807, 2.05) is 19.2 Å². The van der Waals surface area contributed by atoms with Gasteiger partial charge in [0, 0.05) is 32.7 Å². The molecule has 0 aliphatic heterocycles. The van der Waals surface area contributed by atoms with Crippen molar-refractivity contribution in [2.45, 2.75) is 26.3 Å². The zero-order valence-electron chi connectivity index (χ0n) is 10.6. The number of benzene rings is 1. The average Bonchev–Trinajstić information content (AvgIpc) is 3.11. The number of carbonyl (C=O) groups excluding carboxylic acids is 1. The number of amides is 1. The highest BCUT2D eigenvalue weighted by molar-refractivity contribution is 5.73. The Hall–Kier alpha value is -1.51. The molecule has 0 unspecified atom stereocenters. The van der Waals surface area contributed by atoms with E-state index in [-0.39, 0.29) is 5.91 Å². The third-order valence-electron chi connectivity index (χ3n) is 3.24. The lowest BCUT2D eigenvalue weighted by Crippen LogP contribution is -2.23. The van der Waals surface area contributed by atoms with Crippen LogP contribution in [0.4, 0.5) is 5.69 Å². The van der Waals surface area contributed by atoms with E-state index < -0.39 is 0 Å². The predicted molar refractivity (Wildman–Crippen MR) is 69.8 cm³/mol. The number of hydrogen-bond acceptors (Lipinski definition) is 2. The number of nitrogens with one attached hydrogen (secondary N) is 1. The first-order chi connectivity index (χ1) is 8.16. The van der Waals surface area contributed by atoms with Gasteiger partial charge in [-0.2, -0.15) is 0 Å². The number of hydrogen-bond donors (Lipinski definition) is 1. The summed E-state index contributed by atoms with van der Waals surface area (Å²) in [7, 11) is 1.83. The maximum absolute atomic E-state index is 11.2. The molecular weight excluding hydrogens is 212 g/mol. The maximum atomic E-state index is 11.2. The van der Waals surface area contributed by atoms with Crippen LogP contribution < -0.4 is 5.32 Å². The van der Waals surface area contributed by atoms with Gasteiger partial charge in [-0.1, -0.05) is 18.2 Å². The number of anilines is 1. The van der Waals surface area contributed by atoms with Crippen molar-refractivity contribution in [3.8, 4) is 0 Å². The number of nitrogens with zero attached hydrogens (tertiary/aromatic N) is 1. The third kappa shape index (κ3) is 3.48. The summed E-state index contributed by atoms with van der Waals surface area (Å²) in [6.07, 6.45) is 2.70. The van der Waals surface area contributed by atoms with Crippen molar-refractivity contribution in [1.82, 2.24) is 4.90 Å². The van der Waals surface area contributed by atoms with E-state index in [2.05, 4.69) is 17.4 Å². The molecule has 0 bridgehead atoms. The summed E-state index contributed by atoms with van der Waals surface area (Å²) in [5, 5.41) is 3.48. The molecule has 1 fully saturated rings. The average molecular weight is 232 g/mol. The fourth-order valence-electron chi connectivity index (χ4n) is 1.77. The number of carbonyl (C=O) groups is 1. The first kappa shape index (κ1) is 12.0. The first-order valence-corrected chi connectivity index (χ1v) is 6.20. The molecule has 0 saturated heterocycles. The molecule has 0 radical (unpaired) electrons. The van der Waals surface area contributed by atoms with E-state index in [4.69, 9.17) is 0 Å². The fourth-order valence-corrected chi connectivity index (χ4v) is 1.77. The molecule has 3 nitrogen and oxygen atoms in total. The summed E-state index contributed by atoms with van der Waals surface area (Å²) >= 11 is 0. The molecule has 0 heterocycles. The summed E-state index contributed by atoms with van der Waals surface area (Å²) in [5.74, 6) is 0.954. The van der Waals surface area contributed by atoms with Gasteiger partial charge in [0.2, 0.25) is 5.91 Å². The molecule has 3 heteroatoms. The first-order valence-electron chi connectivity index (χ1n) is 6.20. The molecule has 17 heavy (non-hydrogen) atoms. The Morgan fingerprint density at radius 3 is 2.76 bits per heavy atom. The molecule has 2 rings (SSSR count). The Morgan fingerprint density at radius 2 is 2.12 bits per heavy atom. The minimum absolute atomic E-state index is 0.0991. The molecule has 1 aromatic carbocycles. The second kappa shape index (κ2) is 5.21. The van der Waals surface area contributed by atoms with Gasteiger partial charge in [-0.15, -0.1) is 0 Å². The van der Waals surface area contributed by atoms with Crippen molar-refractivity contribution in [2.24, 2.45) is 5.92 Å². The van der Waals surface area contributed by atoms with Crippen molar-refractivity contribution >= 4 is 11.6 Å². The molecule has 1 N–H and O–H groups in total. The van der Waals surface area contributed by atoms with Gasteiger partial charge in [-0.25, -0.2) is 0 Å². The summed E-state index contributed by atoms with van der Waals surface area (Å²) in [6.45, 7) is 3.32. The maximum Gasteiger partial charge on any atom is 0.219 e. The lowest BCUT2D eigenvalue weighted by atomic mass is 10.1. The van der Waals surface area contributed by atoms with Crippen LogP contribution in [0.5, 0.6) is 0 Å². The van der Waals surface area contributed by atoms with Gasteiger partial charge in [0.05, 0.1) is 0 Å². The van der Waals surface area contributed by atoms with Crippen molar-refractivity contribution in [1.29, 1.82) is 0 Å². The van der Waals surface area contributed by atoms with E-state index in [0.717, 1.165) is 18.2 Å². The molecule has 1 aliphatic carbocycles. The van der Waals surface area contributed by atoms with Crippen LogP contribution in [0.2, 0.25) is 0 Å². The van der Waals surface area contributed by atoms with E-state index in [9.17, 15) is 4.79 Å². The standard InChI is InChI=1S/C14H20N2O/c1-11(17)16(2)10-13-5-3-4-6-14(13)15-9-12-7-8-12/h3-6,12,15H,7-10H2,1-2H3. The van der Waals surface area contributed by atoms with Crippen molar-refractivity contribution in [3.05, 3.63) is 29.8 Å². The minimum atomic E-state index is 0.0991. The van der Waals surface area contributed by atoms with Crippen molar-refractivity contribution < 1.29 is 4.79 Å². The molecule has 1 amide bonds. The largest absolute Gasteiger partial charge is 0.384 e. The second-order valence-electron chi connectivity index (χ2n) is 4.86. The van der Waals surface area contributed by atoms with Crippen LogP contribution in [-0.2, 0) is 11.3 Å². The molecule has 1 saturated carbocycles. The molecule has 1 aromatic rings. The summed E-state index contributed by atoms with van der Waals surface area (Å²) in [6, 6.07) is 8.22. The van der Waals surface area contributed by atoms with E-state index in [1.165, 1.54) is 18.4 Å². The highest BCUT2D eigenvalue weighted by Gasteiger charge is 2.20. The van der Waals surface area contributed by atoms with Crippen LogP contribution in [0.25, 0.3) is 0 Å². The topological polar surface area (TPSA) is 32.3 Å². The van der Waals surface area contributed by atoms with Crippen LogP contribution in [0, 0.1) is 5.92 Å². The van der Waals surface area contributed by atoms with Crippen molar-refractivity contribution in [2.75, 3.05) is 18.9 Å². The van der Waals surface area contributed by atoms with Crippen LogP contribution >= 0.6 is 0 Å². The highest BCUT2D eigenvalue weighted by atomic mass is 16.2. The minimum Gasteiger partial charge on any atom is -0.384 e. The predicted octanol–water partition coefficient (Wildman–Crippen LogP) is 2.49. The van der Waals surface area contributed by atoms with Gasteiger partial charge >= 0.3 is 0 Å². The van der Waals surface area contributed by atoms with Crippen LogP contribution in [-0.4, -0.2) is 24.4 Å². The van der Waals surface area contributed by atoms with Crippen molar-refractivity contribution in [3.63, 3.8) is 0 Å². The molecule has 92 valence electrons. The summed E-state index contributed by atoms with van der Waals surface area (Å²) in [4.78, 5) is 13.0. The lowest BCUT2D eigenvalue weighted by molar-refractivity contribution is -0.128. The van der Waals surface area contributed by atoms with Gasteiger partial charge in [0.25, 0.3) is 0 Å². The van der Waals surface area contributed by atoms with Gasteiger partial charge in [-0.3, -0.25) is 4.79 Å². The smallest absolute Gasteiger partial charge is 0.219 e. The Kier molecular flexibility index (Phi) is 3.67. The number of para-hydroxylation sites is 1. The van der Waals surface area contributed by atoms with Gasteiger partial charge in [0.15, 0.2) is 0 Å². The summed E-state index contributed by atoms with van der Waals surface area (Å²) < 4.78 is 0. The molecular formula is C14H20N2O. The fraction of sp³-hybridized carbons (Fsp3) is 0.500. The van der Waals surface area contributed by atoms with Gasteiger partial charge in [-0.05, 0) is 30.4 Å². The molecule has 0 aromatic heterocycles. The van der Waals surface area contributed by atoms with E-state index >= 15 is 0 Å². The summed E-state index contributed by atoms with van der Waals surface area (Å²) in [5.41, 5.74) is 2.35. The van der Waals surface area contributed by atoms with Gasteiger partial charge < -0.3 is 10.2 Å². The van der Waals surface area contributed by atoms with E-state index in [1.54, 1.807) is 11.8 Å². The SMILES string of the molecule is CC(=O)N(C)Cc1ccccc1NCC1CC1. The molecule has 1 aliphatic rings. The zero-order chi connectivity index (χ0) is 12.3. The quantitative estimate of drug-likeness (QED) is 0.846. The second-order valence-corrected chi connectivity index (χ2v) is 4.86. The number of rotatable bonds is 5. The molecule has 0 spiro atoms. The molecule has 0 atom stereocenters. The Morgan fingerprint density at radius 1 is 1.41 bits per heavy atom. The van der Waals surface area contributed by atoms with E-state index in [0.29, 0.717) is 6.54 Å². The third-order valence-corrected chi connectivity index (χ3v) is 3.24. The Bertz CT molecular complexity index is 399. The highest BCUT2D eigenvalue weighted by Crippen LogP contribution is 2.29. The Balaban J connectivity index is 2.00. The lowest BCUT2D eigenvalue weighted by Gasteiger charge is -2.18. The van der Waals surface area contributed by atoms with Gasteiger partial charge in [0.1, 0.15) is 0 Å². The zero-order valence-corrected chi connectivity index (χ0v) is 10.6. The normalized spacial score (nSPS) is 14.5. The van der Waals surface area contributed by atoms with Crippen LogP contribution in [0.15, 0.2) is 24.3 Å². The Labute approximate surface area is 103 Å². The monoisotopic (exact) mass is 232 g/mol. The van der Waals surface area contributed by atoms with Crippen LogP contribution in [0.1, 0.15) is 25.3 Å². The van der Waals surface area contributed by atoms with Crippen LogP contribution in [0.3, 0.4) is 0 Å².